The van der Waals surface area contributed by atoms with Gasteiger partial charge in [0.25, 0.3) is 11.8 Å². The van der Waals surface area contributed by atoms with Crippen molar-refractivity contribution >= 4 is 67.3 Å². The number of hydrazine groups is 1. The second kappa shape index (κ2) is 16.7. The van der Waals surface area contributed by atoms with E-state index in [1.807, 2.05) is 0 Å². The minimum atomic E-state index is -5.27. The number of halogens is 8. The molecule has 2 aromatic carbocycles. The fraction of sp³-hybridized carbons (Fsp3) is 0.409. The van der Waals surface area contributed by atoms with Gasteiger partial charge in [0.05, 0.1) is 26.9 Å². The van der Waals surface area contributed by atoms with Crippen LogP contribution in [0.1, 0.15) is 98.7 Å². The van der Waals surface area contributed by atoms with Gasteiger partial charge in [0.15, 0.2) is 26.5 Å². The first-order valence-electron chi connectivity index (χ1n) is 20.9. The van der Waals surface area contributed by atoms with Crippen molar-refractivity contribution in [3.05, 3.63) is 93.0 Å². The van der Waals surface area contributed by atoms with Gasteiger partial charge in [0.1, 0.15) is 39.4 Å². The zero-order chi connectivity index (χ0) is 49.8. The summed E-state index contributed by atoms with van der Waals surface area (Å²) >= 11 is 12.1. The van der Waals surface area contributed by atoms with Crippen molar-refractivity contribution in [1.29, 1.82) is 0 Å². The number of aryl methyl sites for hydroxylation is 1. The van der Waals surface area contributed by atoms with Crippen LogP contribution in [0, 0.1) is 29.4 Å². The van der Waals surface area contributed by atoms with Crippen molar-refractivity contribution < 1.29 is 53.8 Å². The van der Waals surface area contributed by atoms with Crippen molar-refractivity contribution in [3.63, 3.8) is 0 Å². The van der Waals surface area contributed by atoms with E-state index in [4.69, 9.17) is 34.5 Å². The molecule has 0 aliphatic heterocycles. The summed E-state index contributed by atoms with van der Waals surface area (Å²) in [4.78, 5) is 31.1. The summed E-state index contributed by atoms with van der Waals surface area (Å²) in [6.45, 7) is 5.27. The van der Waals surface area contributed by atoms with E-state index in [9.17, 15) is 45.1 Å². The van der Waals surface area contributed by atoms with Gasteiger partial charge < -0.3 is 16.2 Å². The van der Waals surface area contributed by atoms with Crippen molar-refractivity contribution in [2.24, 2.45) is 18.7 Å². The van der Waals surface area contributed by atoms with E-state index < -0.39 is 108 Å². The third-order valence-corrected chi connectivity index (χ3v) is 15.6. The molecule has 2 saturated carbocycles. The number of nitrogens with one attached hydrogen (secondary N) is 3. The van der Waals surface area contributed by atoms with Gasteiger partial charge in [0, 0.05) is 41.6 Å². The number of amides is 2. The zero-order valence-corrected chi connectivity index (χ0v) is 38.9. The number of hydrogen-bond donors (Lipinski definition) is 5. The number of sulfone groups is 1. The maximum atomic E-state index is 16.3. The molecule has 0 saturated heterocycles. The van der Waals surface area contributed by atoms with Gasteiger partial charge in [-0.25, -0.2) is 26.9 Å². The number of nitrogens with zero attached hydrogens (tertiary/aromatic N) is 5. The Labute approximate surface area is 394 Å². The number of carbonyl (C=O) groups is 2. The smallest absolute Gasteiger partial charge is 0.381 e. The molecule has 360 valence electrons. The van der Waals surface area contributed by atoms with Gasteiger partial charge in [-0.15, -0.1) is 0 Å². The second-order valence-electron chi connectivity index (χ2n) is 18.1. The third kappa shape index (κ3) is 8.75. The lowest BCUT2D eigenvalue weighted by Crippen LogP contribution is -2.51. The topological polar surface area (TPSA) is 199 Å². The minimum Gasteiger partial charge on any atom is -0.381 e. The number of aliphatic hydroxyl groups is 1. The molecule has 1 unspecified atom stereocenters. The van der Waals surface area contributed by atoms with E-state index >= 15 is 8.78 Å². The Hall–Kier alpha value is -5.83. The molecule has 6 N–H and O–H groups in total. The molecule has 3 heterocycles. The normalized spacial score (nSPS) is 18.5. The standard InChI is InChI=1S/C44H41ClF7N9O5S2/c1-41(2,68(65,66)23-7-8-23)13-12-22-6-9-24(25-10-11-29(45)31-33(25)60(5)59-38(31)55-40(67)57-56-39(63)42(3,4)64)32(54-22)27(16-19-14-20(46)17-21(47)15-19)34(37(53)62)61-36-30(35(58-61)44(50,51)52)26-18-28(26)43(36,48)49/h6,9-11,14-15,17,23,26-28,34,64H,7-8,16,18H2,1-5H3,(H2,53,62)(H,56,63)(H2,55,57,59,67)/t26-,27+,28+,34?/m0/s1. The van der Waals surface area contributed by atoms with Crippen molar-refractivity contribution in [2.75, 3.05) is 5.32 Å². The molecule has 68 heavy (non-hydrogen) atoms. The number of fused-ring (bicyclic) bond motifs is 4. The van der Waals surface area contributed by atoms with Crippen LogP contribution in [0.5, 0.6) is 0 Å². The average molecular weight is 1010 g/mol. The molecule has 2 fully saturated rings. The fourth-order valence-corrected chi connectivity index (χ4v) is 10.9. The zero-order valence-electron chi connectivity index (χ0n) is 36.5. The number of alkyl halides is 5. The van der Waals surface area contributed by atoms with Gasteiger partial charge >= 0.3 is 6.18 Å². The Morgan fingerprint density at radius 1 is 1.03 bits per heavy atom. The van der Waals surface area contributed by atoms with E-state index in [2.05, 4.69) is 38.2 Å². The van der Waals surface area contributed by atoms with Crippen LogP contribution in [0.15, 0.2) is 42.5 Å². The van der Waals surface area contributed by atoms with Gasteiger partial charge in [0.2, 0.25) is 5.91 Å². The second-order valence-corrected chi connectivity index (χ2v) is 21.7. The first-order valence-corrected chi connectivity index (χ1v) is 23.2. The highest BCUT2D eigenvalue weighted by molar-refractivity contribution is 7.93. The first kappa shape index (κ1) is 48.6. The average Bonchev–Trinajstić information content (AvgIpc) is 4.15. The summed E-state index contributed by atoms with van der Waals surface area (Å²) in [5, 5.41) is 20.4. The largest absolute Gasteiger partial charge is 0.435 e. The van der Waals surface area contributed by atoms with Crippen LogP contribution in [0.2, 0.25) is 5.02 Å². The Balaban J connectivity index is 1.37. The number of rotatable bonds is 11. The Morgan fingerprint density at radius 3 is 2.28 bits per heavy atom. The maximum absolute atomic E-state index is 16.3. The summed E-state index contributed by atoms with van der Waals surface area (Å²) in [6.07, 6.45) is -5.34. The molecule has 14 nitrogen and oxygen atoms in total. The predicted molar refractivity (Wildman–Crippen MR) is 239 cm³/mol. The van der Waals surface area contributed by atoms with Crippen LogP contribution in [0.3, 0.4) is 0 Å². The maximum Gasteiger partial charge on any atom is 0.435 e. The Bertz CT molecular complexity index is 3120. The van der Waals surface area contributed by atoms with E-state index in [0.717, 1.165) is 12.1 Å². The summed E-state index contributed by atoms with van der Waals surface area (Å²) in [5.41, 5.74) is 5.13. The molecule has 3 aliphatic carbocycles. The number of benzene rings is 2. The summed E-state index contributed by atoms with van der Waals surface area (Å²) in [7, 11) is -2.29. The molecule has 0 bridgehead atoms. The number of pyridine rings is 1. The van der Waals surface area contributed by atoms with Crippen LogP contribution in [0.4, 0.5) is 36.6 Å². The van der Waals surface area contributed by atoms with E-state index in [-0.39, 0.29) is 66.0 Å². The van der Waals surface area contributed by atoms with Gasteiger partial charge in [-0.3, -0.25) is 25.1 Å². The van der Waals surface area contributed by atoms with E-state index in [1.165, 1.54) is 63.7 Å². The Morgan fingerprint density at radius 2 is 1.68 bits per heavy atom. The monoisotopic (exact) mass is 1010 g/mol. The molecule has 2 amide bonds. The lowest BCUT2D eigenvalue weighted by Gasteiger charge is -2.29. The molecule has 3 aromatic heterocycles. The summed E-state index contributed by atoms with van der Waals surface area (Å²) < 4.78 is 134. The Kier molecular flexibility index (Phi) is 11.9. The van der Waals surface area contributed by atoms with Crippen LogP contribution in [-0.4, -0.2) is 70.6 Å². The number of nitrogens with two attached hydrogens (primary N) is 1. The molecule has 5 aromatic rings. The predicted octanol–water partition coefficient (Wildman–Crippen LogP) is 6.84. The van der Waals surface area contributed by atoms with Crippen LogP contribution < -0.4 is 21.9 Å². The van der Waals surface area contributed by atoms with Gasteiger partial charge in [-0.1, -0.05) is 23.6 Å². The van der Waals surface area contributed by atoms with E-state index in [1.54, 1.807) is 0 Å². The lowest BCUT2D eigenvalue weighted by molar-refractivity contribution is -0.142. The van der Waals surface area contributed by atoms with Gasteiger partial charge in [-0.05, 0) is 113 Å². The molecular formula is C44H41ClF7N9O5S2. The molecular weight excluding hydrogens is 967 g/mol. The molecule has 0 spiro atoms. The SMILES string of the molecule is Cn1nc(NC(=S)NNC(=O)C(C)(C)O)c2c(Cl)ccc(-c3ccc(C#CC(C)(C)S(=O)(=O)C4CC4)nc3[C@@H](Cc3cc(F)cc(F)c3)C(C(N)=O)n3nc(C(F)(F)F)c4c3C(F)(F)[C@@H]3C[C@H]43)c21. The highest BCUT2D eigenvalue weighted by atomic mass is 35.5. The summed E-state index contributed by atoms with van der Waals surface area (Å²) in [6, 6.07) is 5.75. The summed E-state index contributed by atoms with van der Waals surface area (Å²) in [5.74, 6) is -7.42. The highest BCUT2D eigenvalue weighted by Crippen LogP contribution is 2.69. The molecule has 0 radical (unpaired) electrons. The van der Waals surface area contributed by atoms with Crippen molar-refractivity contribution in [2.45, 2.75) is 99.0 Å². The number of primary amides is 1. The fourth-order valence-electron chi connectivity index (χ4n) is 8.69. The number of carbonyl (C=O) groups excluding carboxylic acids is 2. The van der Waals surface area contributed by atoms with Crippen molar-refractivity contribution in [3.8, 4) is 23.0 Å². The number of hydrogen-bond acceptors (Lipinski definition) is 9. The molecule has 24 heteroatoms. The quantitative estimate of drug-likeness (QED) is 0.0402. The third-order valence-electron chi connectivity index (χ3n) is 12.2. The van der Waals surface area contributed by atoms with Gasteiger partial charge in [-0.2, -0.15) is 32.1 Å². The van der Waals surface area contributed by atoms with E-state index in [0.29, 0.717) is 18.9 Å². The molecule has 4 atom stereocenters. The first-order chi connectivity index (χ1) is 31.5. The van der Waals surface area contributed by atoms with Crippen LogP contribution in [0.25, 0.3) is 22.0 Å². The van der Waals surface area contributed by atoms with Crippen LogP contribution >= 0.6 is 23.8 Å². The number of aromatic nitrogens is 5. The van der Waals surface area contributed by atoms with Crippen molar-refractivity contribution in [1.82, 2.24) is 35.4 Å². The van der Waals surface area contributed by atoms with Crippen LogP contribution in [-0.2, 0) is 45.0 Å². The number of thiocarbonyl (C=S) groups is 1. The molecule has 3 aliphatic rings. The highest BCUT2D eigenvalue weighted by Gasteiger charge is 2.69. The lowest BCUT2D eigenvalue weighted by atomic mass is 9.84. The minimum absolute atomic E-state index is 0.00911. The molecule has 8 rings (SSSR count). The number of anilines is 1.